The molecule has 19 heavy (non-hydrogen) atoms. The summed E-state index contributed by atoms with van der Waals surface area (Å²) in [5.41, 5.74) is 1.07. The Labute approximate surface area is 116 Å². The van der Waals surface area contributed by atoms with E-state index < -0.39 is 5.97 Å². The molecule has 1 aromatic heterocycles. The lowest BCUT2D eigenvalue weighted by molar-refractivity contribution is -0.132. The number of fused-ring (bicyclic) bond motifs is 1. The van der Waals surface area contributed by atoms with Crippen molar-refractivity contribution in [3.63, 3.8) is 0 Å². The van der Waals surface area contributed by atoms with E-state index in [4.69, 9.17) is 5.11 Å². The summed E-state index contributed by atoms with van der Waals surface area (Å²) >= 11 is 3.38. The van der Waals surface area contributed by atoms with Crippen molar-refractivity contribution in [2.24, 2.45) is 0 Å². The first-order valence-electron chi connectivity index (χ1n) is 5.52. The molecule has 1 unspecified atom stereocenters. The van der Waals surface area contributed by atoms with Gasteiger partial charge in [-0.2, -0.15) is 0 Å². The van der Waals surface area contributed by atoms with Crippen LogP contribution in [0.25, 0.3) is 0 Å². The standard InChI is InChI=1S/C12H9BrN4O2/c13-8-3-1-7(2-4-8)10-5-9(11(18)19)15-12-16-14-6-17(10)12/h1-6,10H,(H,15,16)(H,18,19). The maximum absolute atomic E-state index is 11.1. The molecule has 7 heteroatoms. The summed E-state index contributed by atoms with van der Waals surface area (Å²) in [6.07, 6.45) is 3.21. The van der Waals surface area contributed by atoms with Crippen molar-refractivity contribution < 1.29 is 9.90 Å². The third-order valence-electron chi connectivity index (χ3n) is 2.89. The van der Waals surface area contributed by atoms with Crippen molar-refractivity contribution in [2.75, 3.05) is 5.32 Å². The van der Waals surface area contributed by atoms with E-state index in [1.807, 2.05) is 24.3 Å². The second-order valence-corrected chi connectivity index (χ2v) is 4.98. The Bertz CT molecular complexity index is 663. The van der Waals surface area contributed by atoms with Crippen LogP contribution in [0.5, 0.6) is 0 Å². The summed E-state index contributed by atoms with van der Waals surface area (Å²) in [4.78, 5) is 11.1. The lowest BCUT2D eigenvalue weighted by atomic mass is 10.0. The Morgan fingerprint density at radius 1 is 1.37 bits per heavy atom. The van der Waals surface area contributed by atoms with Gasteiger partial charge in [0, 0.05) is 4.47 Å². The predicted molar refractivity (Wildman–Crippen MR) is 71.6 cm³/mol. The number of benzene rings is 1. The highest BCUT2D eigenvalue weighted by Crippen LogP contribution is 2.29. The van der Waals surface area contributed by atoms with Crippen LogP contribution in [0.3, 0.4) is 0 Å². The first-order valence-corrected chi connectivity index (χ1v) is 6.31. The van der Waals surface area contributed by atoms with Gasteiger partial charge in [-0.25, -0.2) is 4.79 Å². The van der Waals surface area contributed by atoms with Gasteiger partial charge in [0.2, 0.25) is 5.95 Å². The van der Waals surface area contributed by atoms with E-state index in [-0.39, 0.29) is 11.7 Å². The van der Waals surface area contributed by atoms with Crippen LogP contribution in [-0.4, -0.2) is 25.8 Å². The molecule has 1 aromatic carbocycles. The molecule has 3 rings (SSSR count). The first-order chi connectivity index (χ1) is 9.15. The molecule has 6 nitrogen and oxygen atoms in total. The van der Waals surface area contributed by atoms with Crippen LogP contribution in [0.1, 0.15) is 11.6 Å². The van der Waals surface area contributed by atoms with Gasteiger partial charge in [0.05, 0.1) is 6.04 Å². The quantitative estimate of drug-likeness (QED) is 0.885. The normalized spacial score (nSPS) is 17.3. The number of carboxylic acid groups (broad SMARTS) is 1. The second-order valence-electron chi connectivity index (χ2n) is 4.07. The fourth-order valence-corrected chi connectivity index (χ4v) is 2.24. The SMILES string of the molecule is O=C(O)C1=CC(c2ccc(Br)cc2)n2cnnc2N1. The van der Waals surface area contributed by atoms with Gasteiger partial charge in [-0.05, 0) is 23.8 Å². The molecular formula is C12H9BrN4O2. The highest BCUT2D eigenvalue weighted by molar-refractivity contribution is 9.10. The Morgan fingerprint density at radius 3 is 2.79 bits per heavy atom. The van der Waals surface area contributed by atoms with Crippen molar-refractivity contribution >= 4 is 27.8 Å². The van der Waals surface area contributed by atoms with Crippen molar-refractivity contribution in [3.05, 3.63) is 52.4 Å². The van der Waals surface area contributed by atoms with Crippen molar-refractivity contribution in [3.8, 4) is 0 Å². The summed E-state index contributed by atoms with van der Waals surface area (Å²) in [5.74, 6) is -0.593. The zero-order chi connectivity index (χ0) is 13.4. The van der Waals surface area contributed by atoms with Crippen LogP contribution in [0.15, 0.2) is 46.8 Å². The number of aliphatic carboxylic acids is 1. The minimum atomic E-state index is -1.02. The number of aromatic nitrogens is 3. The molecule has 0 radical (unpaired) electrons. The number of rotatable bonds is 2. The van der Waals surface area contributed by atoms with Crippen molar-refractivity contribution in [2.45, 2.75) is 6.04 Å². The lowest BCUT2D eigenvalue weighted by Crippen LogP contribution is -2.23. The minimum absolute atomic E-state index is 0.105. The van der Waals surface area contributed by atoms with Crippen LogP contribution in [0.2, 0.25) is 0 Å². The van der Waals surface area contributed by atoms with Crippen molar-refractivity contribution in [1.29, 1.82) is 0 Å². The molecular weight excluding hydrogens is 312 g/mol. The molecule has 0 amide bonds. The van der Waals surface area contributed by atoms with Crippen molar-refractivity contribution in [1.82, 2.24) is 14.8 Å². The molecule has 2 heterocycles. The number of hydrogen-bond acceptors (Lipinski definition) is 4. The summed E-state index contributed by atoms with van der Waals surface area (Å²) < 4.78 is 2.76. The molecule has 0 aliphatic carbocycles. The minimum Gasteiger partial charge on any atom is -0.477 e. The van der Waals surface area contributed by atoms with Gasteiger partial charge >= 0.3 is 5.97 Å². The number of nitrogens with one attached hydrogen (secondary N) is 1. The van der Waals surface area contributed by atoms with Crippen LogP contribution in [0, 0.1) is 0 Å². The number of anilines is 1. The maximum atomic E-state index is 11.1. The molecule has 2 N–H and O–H groups in total. The van der Waals surface area contributed by atoms with Gasteiger partial charge in [-0.15, -0.1) is 10.2 Å². The molecule has 0 spiro atoms. The van der Waals surface area contributed by atoms with E-state index in [1.165, 1.54) is 0 Å². The highest BCUT2D eigenvalue weighted by Gasteiger charge is 2.24. The molecule has 0 bridgehead atoms. The van der Waals surface area contributed by atoms with E-state index in [0.717, 1.165) is 10.0 Å². The molecule has 0 saturated carbocycles. The third kappa shape index (κ3) is 2.12. The molecule has 1 aliphatic heterocycles. The Morgan fingerprint density at radius 2 is 2.11 bits per heavy atom. The van der Waals surface area contributed by atoms with Crippen LogP contribution in [0.4, 0.5) is 5.95 Å². The topological polar surface area (TPSA) is 80.0 Å². The van der Waals surface area contributed by atoms with Gasteiger partial charge < -0.3 is 10.4 Å². The lowest BCUT2D eigenvalue weighted by Gasteiger charge is -2.23. The number of allylic oxidation sites excluding steroid dienone is 1. The molecule has 1 atom stereocenters. The smallest absolute Gasteiger partial charge is 0.352 e. The van der Waals surface area contributed by atoms with E-state index in [0.29, 0.717) is 5.95 Å². The number of carboxylic acids is 1. The fourth-order valence-electron chi connectivity index (χ4n) is 1.98. The van der Waals surface area contributed by atoms with E-state index >= 15 is 0 Å². The summed E-state index contributed by atoms with van der Waals surface area (Å²) in [5, 5.41) is 19.5. The van der Waals surface area contributed by atoms with Gasteiger partial charge in [0.15, 0.2) is 0 Å². The second kappa shape index (κ2) is 4.51. The number of halogens is 1. The zero-order valence-corrected chi connectivity index (χ0v) is 11.2. The Balaban J connectivity index is 2.09. The highest BCUT2D eigenvalue weighted by atomic mass is 79.9. The Hall–Kier alpha value is -2.15. The monoisotopic (exact) mass is 320 g/mol. The Kier molecular flexibility index (Phi) is 2.83. The van der Waals surface area contributed by atoms with Gasteiger partial charge in [0.1, 0.15) is 12.0 Å². The van der Waals surface area contributed by atoms with Gasteiger partial charge in [0.25, 0.3) is 0 Å². The molecule has 96 valence electrons. The van der Waals surface area contributed by atoms with E-state index in [2.05, 4.69) is 31.4 Å². The average molecular weight is 321 g/mol. The first kappa shape index (κ1) is 11.9. The molecule has 1 aliphatic rings. The average Bonchev–Trinajstić information content (AvgIpc) is 2.86. The van der Waals surface area contributed by atoms with Gasteiger partial charge in [-0.3, -0.25) is 4.57 Å². The molecule has 0 saturated heterocycles. The van der Waals surface area contributed by atoms with E-state index in [9.17, 15) is 4.79 Å². The molecule has 2 aromatic rings. The van der Waals surface area contributed by atoms with Gasteiger partial charge in [-0.1, -0.05) is 28.1 Å². The van der Waals surface area contributed by atoms with Crippen LogP contribution in [-0.2, 0) is 4.79 Å². The number of hydrogen-bond donors (Lipinski definition) is 2. The largest absolute Gasteiger partial charge is 0.477 e. The summed E-state index contributed by atoms with van der Waals surface area (Å²) in [6, 6.07) is 7.45. The van der Waals surface area contributed by atoms with Crippen LogP contribution >= 0.6 is 15.9 Å². The fraction of sp³-hybridized carbons (Fsp3) is 0.0833. The van der Waals surface area contributed by atoms with E-state index in [1.54, 1.807) is 17.0 Å². The number of nitrogens with zero attached hydrogens (tertiary/aromatic N) is 3. The summed E-state index contributed by atoms with van der Waals surface area (Å²) in [7, 11) is 0. The predicted octanol–water partition coefficient (Wildman–Crippen LogP) is 2.02. The van der Waals surface area contributed by atoms with Crippen LogP contribution < -0.4 is 5.32 Å². The third-order valence-corrected chi connectivity index (χ3v) is 3.41. The maximum Gasteiger partial charge on any atom is 0.352 e. The summed E-state index contributed by atoms with van der Waals surface area (Å²) in [6.45, 7) is 0. The molecule has 0 fully saturated rings. The zero-order valence-electron chi connectivity index (χ0n) is 9.62. The number of carbonyl (C=O) groups is 1.